The van der Waals surface area contributed by atoms with Crippen LogP contribution >= 0.6 is 23.2 Å². The van der Waals surface area contributed by atoms with Crippen molar-refractivity contribution in [1.29, 1.82) is 5.26 Å². The van der Waals surface area contributed by atoms with Crippen LogP contribution in [0.1, 0.15) is 17.2 Å². The second kappa shape index (κ2) is 7.55. The molecule has 3 N–H and O–H groups in total. The molecule has 0 radical (unpaired) electrons. The van der Waals surface area contributed by atoms with E-state index in [4.69, 9.17) is 38.1 Å². The molecule has 31 heavy (non-hydrogen) atoms. The van der Waals surface area contributed by atoms with Gasteiger partial charge >= 0.3 is 0 Å². The molecular formula is C23H14Cl2N4O2. The maximum atomic E-state index is 9.84. The summed E-state index contributed by atoms with van der Waals surface area (Å²) in [6.07, 6.45) is 0. The Bertz CT molecular complexity index is 1370. The topological polar surface area (TPSA) is 101 Å². The van der Waals surface area contributed by atoms with E-state index in [0.717, 1.165) is 11.3 Å². The van der Waals surface area contributed by atoms with E-state index in [1.165, 1.54) is 0 Å². The Morgan fingerprint density at radius 3 is 2.61 bits per heavy atom. The summed E-state index contributed by atoms with van der Waals surface area (Å²) in [5.74, 6) is 0.771. The van der Waals surface area contributed by atoms with Crippen molar-refractivity contribution in [2.45, 2.75) is 5.92 Å². The molecular weight excluding hydrogens is 435 g/mol. The standard InChI is InChI=1S/C23H14Cl2N4O2/c24-13-6-7-14(16(25)10-13)17-8-9-18(30-17)19-15(11-26)22(27)31-23-20(19)21(28-29-23)12-4-2-1-3-5-12/h1-10,19H,27H2,(H,28,29)/t19-/m0/s1. The van der Waals surface area contributed by atoms with Crippen molar-refractivity contribution in [1.82, 2.24) is 10.2 Å². The second-order valence-electron chi connectivity index (χ2n) is 6.93. The minimum atomic E-state index is -0.595. The van der Waals surface area contributed by atoms with Crippen LogP contribution in [-0.4, -0.2) is 10.2 Å². The molecule has 1 aliphatic rings. The summed E-state index contributed by atoms with van der Waals surface area (Å²) in [7, 11) is 0. The molecule has 0 aliphatic carbocycles. The predicted molar refractivity (Wildman–Crippen MR) is 117 cm³/mol. The van der Waals surface area contributed by atoms with Gasteiger partial charge in [0.05, 0.1) is 22.2 Å². The number of nitrogens with zero attached hydrogens (tertiary/aromatic N) is 2. The first-order valence-corrected chi connectivity index (χ1v) is 10.1. The van der Waals surface area contributed by atoms with Crippen molar-refractivity contribution in [2.75, 3.05) is 0 Å². The van der Waals surface area contributed by atoms with Gasteiger partial charge in [0.2, 0.25) is 11.8 Å². The van der Waals surface area contributed by atoms with E-state index in [0.29, 0.717) is 38.6 Å². The number of nitrogens with two attached hydrogens (primary N) is 1. The average molecular weight is 449 g/mol. The number of hydrogen-bond acceptors (Lipinski definition) is 5. The number of benzene rings is 2. The number of fused-ring (bicyclic) bond motifs is 1. The lowest BCUT2D eigenvalue weighted by molar-refractivity contribution is 0.372. The van der Waals surface area contributed by atoms with Crippen LogP contribution in [0.3, 0.4) is 0 Å². The van der Waals surface area contributed by atoms with Crippen LogP contribution < -0.4 is 10.5 Å². The molecule has 0 amide bonds. The summed E-state index contributed by atoms with van der Waals surface area (Å²) in [5, 5.41) is 18.1. The number of halogens is 2. The average Bonchev–Trinajstić information content (AvgIpc) is 3.41. The molecule has 8 heteroatoms. The quantitative estimate of drug-likeness (QED) is 0.408. The Kier molecular flexibility index (Phi) is 4.70. The van der Waals surface area contributed by atoms with Gasteiger partial charge in [0.15, 0.2) is 0 Å². The first-order chi connectivity index (χ1) is 15.1. The number of ether oxygens (including phenoxy) is 1. The van der Waals surface area contributed by atoms with E-state index >= 15 is 0 Å². The fourth-order valence-corrected chi connectivity index (χ4v) is 4.20. The molecule has 152 valence electrons. The normalized spacial score (nSPS) is 15.3. The lowest BCUT2D eigenvalue weighted by Crippen LogP contribution is -2.20. The summed E-state index contributed by atoms with van der Waals surface area (Å²) < 4.78 is 11.8. The van der Waals surface area contributed by atoms with Gasteiger partial charge in [-0.2, -0.15) is 5.26 Å². The van der Waals surface area contributed by atoms with E-state index in [9.17, 15) is 5.26 Å². The Morgan fingerprint density at radius 2 is 1.87 bits per heavy atom. The highest BCUT2D eigenvalue weighted by Crippen LogP contribution is 2.46. The number of nitriles is 1. The number of rotatable bonds is 3. The molecule has 1 aliphatic heterocycles. The van der Waals surface area contributed by atoms with Gasteiger partial charge in [-0.1, -0.05) is 53.5 Å². The summed E-state index contributed by atoms with van der Waals surface area (Å²) in [5.41, 5.74) is 9.28. The van der Waals surface area contributed by atoms with E-state index < -0.39 is 5.92 Å². The van der Waals surface area contributed by atoms with Gasteiger partial charge in [0.25, 0.3) is 0 Å². The first-order valence-electron chi connectivity index (χ1n) is 9.33. The van der Waals surface area contributed by atoms with Crippen LogP contribution in [0.2, 0.25) is 10.0 Å². The molecule has 0 saturated carbocycles. The number of H-pyrrole nitrogens is 1. The molecule has 0 saturated heterocycles. The molecule has 0 bridgehead atoms. The van der Waals surface area contributed by atoms with Gasteiger partial charge in [-0.05, 0) is 35.9 Å². The lowest BCUT2D eigenvalue weighted by Gasteiger charge is -2.22. The maximum absolute atomic E-state index is 9.84. The van der Waals surface area contributed by atoms with E-state index in [1.54, 1.807) is 30.3 Å². The Morgan fingerprint density at radius 1 is 1.06 bits per heavy atom. The molecule has 0 unspecified atom stereocenters. The van der Waals surface area contributed by atoms with E-state index in [2.05, 4.69) is 16.3 Å². The van der Waals surface area contributed by atoms with Crippen LogP contribution in [0.15, 0.2) is 76.5 Å². The van der Waals surface area contributed by atoms with Crippen LogP contribution in [0, 0.1) is 11.3 Å². The zero-order valence-corrected chi connectivity index (χ0v) is 17.4. The van der Waals surface area contributed by atoms with Gasteiger partial charge in [-0.3, -0.25) is 5.10 Å². The maximum Gasteiger partial charge on any atom is 0.244 e. The molecule has 0 spiro atoms. The number of aromatic amines is 1. The fourth-order valence-electron chi connectivity index (χ4n) is 3.70. The largest absolute Gasteiger partial charge is 0.460 e. The minimum absolute atomic E-state index is 0.00594. The molecule has 2 aromatic heterocycles. The summed E-state index contributed by atoms with van der Waals surface area (Å²) in [4.78, 5) is 0. The van der Waals surface area contributed by atoms with Gasteiger partial charge < -0.3 is 14.9 Å². The van der Waals surface area contributed by atoms with Crippen LogP contribution in [0.5, 0.6) is 5.88 Å². The van der Waals surface area contributed by atoms with Gasteiger partial charge in [0, 0.05) is 10.6 Å². The van der Waals surface area contributed by atoms with Crippen molar-refractivity contribution in [2.24, 2.45) is 5.73 Å². The van der Waals surface area contributed by atoms with Crippen molar-refractivity contribution in [3.8, 4) is 34.5 Å². The highest BCUT2D eigenvalue weighted by Gasteiger charge is 2.37. The Hall–Kier alpha value is -3.66. The van der Waals surface area contributed by atoms with Gasteiger partial charge in [-0.15, -0.1) is 5.10 Å². The molecule has 3 heterocycles. The molecule has 5 rings (SSSR count). The fraction of sp³-hybridized carbons (Fsp3) is 0.0435. The SMILES string of the molecule is N#CC1=C(N)Oc2n[nH]c(-c3ccccc3)c2[C@@H]1c1ccc(-c2ccc(Cl)cc2Cl)o1. The second-order valence-corrected chi connectivity index (χ2v) is 7.78. The summed E-state index contributed by atoms with van der Waals surface area (Å²) >= 11 is 12.4. The van der Waals surface area contributed by atoms with Crippen LogP contribution in [0.25, 0.3) is 22.6 Å². The van der Waals surface area contributed by atoms with Crippen molar-refractivity contribution in [3.63, 3.8) is 0 Å². The van der Waals surface area contributed by atoms with E-state index in [-0.39, 0.29) is 11.5 Å². The third-order valence-electron chi connectivity index (χ3n) is 5.11. The molecule has 1 atom stereocenters. The number of hydrogen-bond donors (Lipinski definition) is 2. The summed E-state index contributed by atoms with van der Waals surface area (Å²) in [6, 6.07) is 20.6. The highest BCUT2D eigenvalue weighted by atomic mass is 35.5. The lowest BCUT2D eigenvalue weighted by atomic mass is 9.86. The third-order valence-corrected chi connectivity index (χ3v) is 5.66. The van der Waals surface area contributed by atoms with Gasteiger partial charge in [-0.25, -0.2) is 0 Å². The Balaban J connectivity index is 1.67. The Labute approximate surface area is 187 Å². The molecule has 6 nitrogen and oxygen atoms in total. The molecule has 0 fully saturated rings. The number of nitrogens with one attached hydrogen (secondary N) is 1. The predicted octanol–water partition coefficient (Wildman–Crippen LogP) is 5.86. The molecule has 2 aromatic carbocycles. The van der Waals surface area contributed by atoms with E-state index in [1.807, 2.05) is 30.3 Å². The first kappa shape index (κ1) is 19.3. The van der Waals surface area contributed by atoms with Crippen LogP contribution in [-0.2, 0) is 0 Å². The van der Waals surface area contributed by atoms with Crippen molar-refractivity contribution < 1.29 is 9.15 Å². The van der Waals surface area contributed by atoms with Crippen molar-refractivity contribution >= 4 is 23.2 Å². The summed E-state index contributed by atoms with van der Waals surface area (Å²) in [6.45, 7) is 0. The number of aromatic nitrogens is 2. The highest BCUT2D eigenvalue weighted by molar-refractivity contribution is 6.36. The van der Waals surface area contributed by atoms with Gasteiger partial charge in [0.1, 0.15) is 23.2 Å². The molecule has 4 aromatic rings. The minimum Gasteiger partial charge on any atom is -0.460 e. The third kappa shape index (κ3) is 3.25. The van der Waals surface area contributed by atoms with Crippen molar-refractivity contribution in [3.05, 3.63) is 93.5 Å². The number of furan rings is 1. The zero-order valence-electron chi connectivity index (χ0n) is 15.9. The zero-order chi connectivity index (χ0) is 21.5. The number of allylic oxidation sites excluding steroid dienone is 1. The monoisotopic (exact) mass is 448 g/mol. The van der Waals surface area contributed by atoms with Crippen LogP contribution in [0.4, 0.5) is 0 Å². The smallest absolute Gasteiger partial charge is 0.244 e.